The van der Waals surface area contributed by atoms with E-state index in [-0.39, 0.29) is 5.94 Å². The molecule has 1 aromatic rings. The molecule has 0 aliphatic heterocycles. The van der Waals surface area contributed by atoms with E-state index in [0.29, 0.717) is 0 Å². The summed E-state index contributed by atoms with van der Waals surface area (Å²) in [5.41, 5.74) is 0.728. The number of hydrogen-bond acceptors (Lipinski definition) is 3. The zero-order valence-corrected chi connectivity index (χ0v) is 10.0. The fourth-order valence-electron chi connectivity index (χ4n) is 1.13. The molecule has 1 N–H and O–H groups in total. The van der Waals surface area contributed by atoms with Crippen LogP contribution in [0, 0.1) is 0 Å². The highest BCUT2D eigenvalue weighted by Gasteiger charge is 2.27. The maximum atomic E-state index is 11.8. The molecule has 1 atom stereocenters. The average molecular weight is 266 g/mol. The molecule has 0 radical (unpaired) electrons. The van der Waals surface area contributed by atoms with Gasteiger partial charge in [0.15, 0.2) is 0 Å². The first-order valence-electron chi connectivity index (χ1n) is 4.94. The summed E-state index contributed by atoms with van der Waals surface area (Å²) in [4.78, 5) is 0.769. The van der Waals surface area contributed by atoms with Crippen molar-refractivity contribution in [1.29, 1.82) is 0 Å². The fourth-order valence-corrected chi connectivity index (χ4v) is 1.83. The summed E-state index contributed by atoms with van der Waals surface area (Å²) in [6.07, 6.45) is -4.88. The van der Waals surface area contributed by atoms with Gasteiger partial charge in [-0.25, -0.2) is 0 Å². The van der Waals surface area contributed by atoms with Crippen LogP contribution in [0.5, 0.6) is 0 Å². The number of ether oxygens (including phenoxy) is 1. The third kappa shape index (κ3) is 5.95. The second kappa shape index (κ2) is 6.28. The molecule has 0 saturated carbocycles. The van der Waals surface area contributed by atoms with Crippen LogP contribution in [0.4, 0.5) is 13.2 Å². The number of thioether (sulfide) groups is 1. The number of benzene rings is 1. The first-order valence-corrected chi connectivity index (χ1v) is 5.92. The number of alkyl halides is 3. The molecule has 0 spiro atoms. The van der Waals surface area contributed by atoms with E-state index in [4.69, 9.17) is 0 Å². The maximum Gasteiger partial charge on any atom is 0.411 e. The Morgan fingerprint density at radius 1 is 1.41 bits per heavy atom. The van der Waals surface area contributed by atoms with Crippen LogP contribution in [-0.2, 0) is 4.74 Å². The minimum atomic E-state index is -4.29. The molecule has 1 aromatic carbocycles. The van der Waals surface area contributed by atoms with Crippen LogP contribution in [0.25, 0.3) is 0 Å². The van der Waals surface area contributed by atoms with Crippen LogP contribution < -0.4 is 0 Å². The SMILES string of the molecule is CC(O)c1cccc(SCOCC(F)(F)F)c1. The number of rotatable bonds is 5. The topological polar surface area (TPSA) is 29.5 Å². The number of aliphatic hydroxyl groups is 1. The number of halogens is 3. The third-order valence-corrected chi connectivity index (χ3v) is 2.79. The minimum Gasteiger partial charge on any atom is -0.389 e. The van der Waals surface area contributed by atoms with Crippen molar-refractivity contribution in [2.75, 3.05) is 12.5 Å². The van der Waals surface area contributed by atoms with Crippen molar-refractivity contribution in [1.82, 2.24) is 0 Å². The van der Waals surface area contributed by atoms with Gasteiger partial charge in [-0.15, -0.1) is 0 Å². The normalized spacial score (nSPS) is 13.7. The summed E-state index contributed by atoms with van der Waals surface area (Å²) < 4.78 is 39.8. The summed E-state index contributed by atoms with van der Waals surface area (Å²) in [7, 11) is 0. The molecular weight excluding hydrogens is 253 g/mol. The molecule has 6 heteroatoms. The lowest BCUT2D eigenvalue weighted by atomic mass is 10.1. The summed E-state index contributed by atoms with van der Waals surface area (Å²) in [5.74, 6) is -0.0667. The second-order valence-electron chi connectivity index (χ2n) is 3.47. The summed E-state index contributed by atoms with van der Waals surface area (Å²) in [6.45, 7) is 0.389. The van der Waals surface area contributed by atoms with Crippen LogP contribution in [-0.4, -0.2) is 23.8 Å². The van der Waals surface area contributed by atoms with E-state index in [1.165, 1.54) is 0 Å². The van der Waals surface area contributed by atoms with Crippen molar-refractivity contribution >= 4 is 11.8 Å². The Balaban J connectivity index is 2.39. The molecule has 0 saturated heterocycles. The van der Waals surface area contributed by atoms with Gasteiger partial charge in [-0.1, -0.05) is 23.9 Å². The Morgan fingerprint density at radius 2 is 2.12 bits per heavy atom. The van der Waals surface area contributed by atoms with Crippen LogP contribution in [0.3, 0.4) is 0 Å². The molecule has 0 fully saturated rings. The van der Waals surface area contributed by atoms with Gasteiger partial charge in [0.2, 0.25) is 0 Å². The lowest BCUT2D eigenvalue weighted by molar-refractivity contribution is -0.168. The highest BCUT2D eigenvalue weighted by atomic mass is 32.2. The summed E-state index contributed by atoms with van der Waals surface area (Å²) in [5, 5.41) is 9.34. The van der Waals surface area contributed by atoms with Crippen molar-refractivity contribution in [3.05, 3.63) is 29.8 Å². The average Bonchev–Trinajstić information content (AvgIpc) is 2.23. The van der Waals surface area contributed by atoms with Crippen molar-refractivity contribution in [2.45, 2.75) is 24.1 Å². The molecule has 96 valence electrons. The zero-order valence-electron chi connectivity index (χ0n) is 9.20. The van der Waals surface area contributed by atoms with Gasteiger partial charge < -0.3 is 9.84 Å². The molecule has 0 bridgehead atoms. The van der Waals surface area contributed by atoms with Crippen LogP contribution in [0.2, 0.25) is 0 Å². The molecule has 0 amide bonds. The van der Waals surface area contributed by atoms with Crippen LogP contribution in [0.15, 0.2) is 29.2 Å². The van der Waals surface area contributed by atoms with E-state index in [1.807, 2.05) is 0 Å². The lowest BCUT2D eigenvalue weighted by Crippen LogP contribution is -2.16. The van der Waals surface area contributed by atoms with Gasteiger partial charge in [0.25, 0.3) is 0 Å². The van der Waals surface area contributed by atoms with Gasteiger partial charge in [-0.2, -0.15) is 13.2 Å². The first-order chi connectivity index (χ1) is 7.88. The van der Waals surface area contributed by atoms with E-state index in [0.717, 1.165) is 22.2 Å². The second-order valence-corrected chi connectivity index (χ2v) is 4.47. The van der Waals surface area contributed by atoms with Gasteiger partial charge in [0.1, 0.15) is 6.61 Å². The summed E-state index contributed by atoms with van der Waals surface area (Å²) >= 11 is 1.16. The Hall–Kier alpha value is -0.720. The predicted octanol–water partition coefficient (Wildman–Crippen LogP) is 3.37. The highest BCUT2D eigenvalue weighted by molar-refractivity contribution is 7.99. The van der Waals surface area contributed by atoms with E-state index in [9.17, 15) is 18.3 Å². The van der Waals surface area contributed by atoms with Gasteiger partial charge in [-0.05, 0) is 24.6 Å². The van der Waals surface area contributed by atoms with E-state index in [1.54, 1.807) is 31.2 Å². The molecule has 0 aliphatic carbocycles. The molecule has 0 heterocycles. The Kier molecular flexibility index (Phi) is 5.30. The van der Waals surface area contributed by atoms with Crippen LogP contribution >= 0.6 is 11.8 Å². The van der Waals surface area contributed by atoms with E-state index >= 15 is 0 Å². The Morgan fingerprint density at radius 3 is 2.71 bits per heavy atom. The molecule has 17 heavy (non-hydrogen) atoms. The number of aliphatic hydroxyl groups excluding tert-OH is 1. The highest BCUT2D eigenvalue weighted by Crippen LogP contribution is 2.23. The lowest BCUT2D eigenvalue weighted by Gasteiger charge is -2.09. The maximum absolute atomic E-state index is 11.8. The molecule has 0 aromatic heterocycles. The van der Waals surface area contributed by atoms with Crippen molar-refractivity contribution in [2.24, 2.45) is 0 Å². The van der Waals surface area contributed by atoms with Gasteiger partial charge in [0.05, 0.1) is 12.0 Å². The quantitative estimate of drug-likeness (QED) is 0.503. The van der Waals surface area contributed by atoms with Crippen molar-refractivity contribution < 1.29 is 23.0 Å². The van der Waals surface area contributed by atoms with E-state index in [2.05, 4.69) is 4.74 Å². The molecule has 0 aliphatic rings. The molecule has 2 nitrogen and oxygen atoms in total. The zero-order chi connectivity index (χ0) is 12.9. The van der Waals surface area contributed by atoms with Crippen LogP contribution in [0.1, 0.15) is 18.6 Å². The fraction of sp³-hybridized carbons (Fsp3) is 0.455. The Labute approximate surface area is 102 Å². The van der Waals surface area contributed by atoms with E-state index < -0.39 is 18.9 Å². The summed E-state index contributed by atoms with van der Waals surface area (Å²) in [6, 6.07) is 6.99. The van der Waals surface area contributed by atoms with Gasteiger partial charge >= 0.3 is 6.18 Å². The van der Waals surface area contributed by atoms with Crippen molar-refractivity contribution in [3.63, 3.8) is 0 Å². The standard InChI is InChI=1S/C11H13F3O2S/c1-8(15)9-3-2-4-10(5-9)17-7-16-6-11(12,13)14/h2-5,8,15H,6-7H2,1H3. The molecular formula is C11H13F3O2S. The third-order valence-electron chi connectivity index (χ3n) is 1.92. The minimum absolute atomic E-state index is 0.0667. The smallest absolute Gasteiger partial charge is 0.389 e. The molecule has 1 unspecified atom stereocenters. The van der Waals surface area contributed by atoms with Crippen molar-refractivity contribution in [3.8, 4) is 0 Å². The Bertz CT molecular complexity index is 353. The van der Waals surface area contributed by atoms with Gasteiger partial charge in [0, 0.05) is 4.90 Å². The molecule has 1 rings (SSSR count). The number of hydrogen-bond donors (Lipinski definition) is 1. The largest absolute Gasteiger partial charge is 0.411 e. The first kappa shape index (κ1) is 14.3. The predicted molar refractivity (Wildman–Crippen MR) is 59.8 cm³/mol. The monoisotopic (exact) mass is 266 g/mol. The van der Waals surface area contributed by atoms with Gasteiger partial charge in [-0.3, -0.25) is 0 Å².